The first-order valence-electron chi connectivity index (χ1n) is 5.45. The molecule has 0 bridgehead atoms. The highest BCUT2D eigenvalue weighted by atomic mass is 16.3. The molecule has 0 spiro atoms. The van der Waals surface area contributed by atoms with Gasteiger partial charge < -0.3 is 14.6 Å². The summed E-state index contributed by atoms with van der Waals surface area (Å²) in [6, 6.07) is 5.70. The largest absolute Gasteiger partial charge is 0.463 e. The van der Waals surface area contributed by atoms with Crippen LogP contribution in [0.5, 0.6) is 0 Å². The van der Waals surface area contributed by atoms with Crippen LogP contribution in [-0.4, -0.2) is 9.38 Å². The minimum atomic E-state index is 0.737. The van der Waals surface area contributed by atoms with E-state index in [4.69, 9.17) is 10.2 Å². The summed E-state index contributed by atoms with van der Waals surface area (Å²) in [5.74, 6) is 0.782. The van der Waals surface area contributed by atoms with Crippen molar-refractivity contribution in [3.63, 3.8) is 0 Å². The number of pyridine rings is 1. The van der Waals surface area contributed by atoms with Gasteiger partial charge in [0, 0.05) is 11.9 Å². The van der Waals surface area contributed by atoms with E-state index < -0.39 is 0 Å². The van der Waals surface area contributed by atoms with Crippen LogP contribution < -0.4 is 5.73 Å². The van der Waals surface area contributed by atoms with E-state index in [0.29, 0.717) is 0 Å². The number of nitrogens with two attached hydrogens (primary N) is 1. The molecule has 3 aromatic rings. The number of nitrogens with zero attached hydrogens (tertiary/aromatic N) is 2. The third-order valence-electron chi connectivity index (χ3n) is 2.92. The van der Waals surface area contributed by atoms with Crippen molar-refractivity contribution in [2.75, 3.05) is 5.73 Å². The Balaban J connectivity index is 2.36. The number of fused-ring (bicyclic) bond motifs is 1. The molecule has 4 nitrogen and oxygen atoms in total. The van der Waals surface area contributed by atoms with Gasteiger partial charge in [0.1, 0.15) is 11.3 Å². The molecule has 0 atom stereocenters. The molecule has 4 heteroatoms. The van der Waals surface area contributed by atoms with Gasteiger partial charge in [-0.3, -0.25) is 0 Å². The average molecular weight is 227 g/mol. The number of nitrogen functional groups attached to an aromatic ring is 1. The summed E-state index contributed by atoms with van der Waals surface area (Å²) in [6.45, 7) is 4.01. The molecule has 0 saturated heterocycles. The summed E-state index contributed by atoms with van der Waals surface area (Å²) in [4.78, 5) is 4.61. The number of aryl methyl sites for hydroxylation is 2. The topological polar surface area (TPSA) is 56.5 Å². The number of imidazole rings is 1. The van der Waals surface area contributed by atoms with Crippen LogP contribution in [0.1, 0.15) is 11.3 Å². The third kappa shape index (κ3) is 1.41. The maximum Gasteiger partial charge on any atom is 0.154 e. The summed E-state index contributed by atoms with van der Waals surface area (Å²) in [5, 5.41) is 0. The highest BCUT2D eigenvalue weighted by Crippen LogP contribution is 2.26. The Kier molecular flexibility index (Phi) is 1.98. The Morgan fingerprint density at radius 1 is 1.35 bits per heavy atom. The van der Waals surface area contributed by atoms with Crippen molar-refractivity contribution in [1.82, 2.24) is 9.38 Å². The lowest BCUT2D eigenvalue weighted by atomic mass is 10.2. The second kappa shape index (κ2) is 3.38. The van der Waals surface area contributed by atoms with Gasteiger partial charge in [-0.1, -0.05) is 0 Å². The van der Waals surface area contributed by atoms with Gasteiger partial charge in [0.15, 0.2) is 5.76 Å². The molecule has 0 aliphatic rings. The van der Waals surface area contributed by atoms with Gasteiger partial charge in [0.2, 0.25) is 0 Å². The Labute approximate surface area is 98.7 Å². The molecule has 3 heterocycles. The van der Waals surface area contributed by atoms with Crippen molar-refractivity contribution in [2.45, 2.75) is 13.8 Å². The molecule has 0 aliphatic heterocycles. The molecular weight excluding hydrogens is 214 g/mol. The lowest BCUT2D eigenvalue weighted by molar-refractivity contribution is 0.580. The minimum Gasteiger partial charge on any atom is -0.463 e. The van der Waals surface area contributed by atoms with Crippen molar-refractivity contribution >= 4 is 11.3 Å². The molecular formula is C13H13N3O. The average Bonchev–Trinajstić information content (AvgIpc) is 2.87. The van der Waals surface area contributed by atoms with Crippen LogP contribution in [0, 0.1) is 13.8 Å². The van der Waals surface area contributed by atoms with E-state index >= 15 is 0 Å². The molecule has 3 aromatic heterocycles. The van der Waals surface area contributed by atoms with E-state index in [0.717, 1.165) is 34.0 Å². The monoisotopic (exact) mass is 227 g/mol. The zero-order valence-electron chi connectivity index (χ0n) is 9.77. The van der Waals surface area contributed by atoms with Gasteiger partial charge in [-0.15, -0.1) is 0 Å². The van der Waals surface area contributed by atoms with E-state index in [1.165, 1.54) is 0 Å². The zero-order chi connectivity index (χ0) is 12.0. The van der Waals surface area contributed by atoms with Crippen LogP contribution in [0.15, 0.2) is 35.1 Å². The number of hydrogen-bond acceptors (Lipinski definition) is 3. The normalized spacial score (nSPS) is 11.2. The van der Waals surface area contributed by atoms with Crippen molar-refractivity contribution in [2.24, 2.45) is 0 Å². The van der Waals surface area contributed by atoms with E-state index in [1.54, 1.807) is 6.26 Å². The number of furan rings is 1. The second-order valence-electron chi connectivity index (χ2n) is 4.17. The van der Waals surface area contributed by atoms with Crippen molar-refractivity contribution in [3.8, 4) is 11.5 Å². The predicted octanol–water partition coefficient (Wildman–Crippen LogP) is 2.79. The summed E-state index contributed by atoms with van der Waals surface area (Å²) < 4.78 is 7.40. The molecule has 0 fully saturated rings. The first-order valence-corrected chi connectivity index (χ1v) is 5.45. The number of anilines is 1. The predicted molar refractivity (Wildman–Crippen MR) is 66.8 cm³/mol. The smallest absolute Gasteiger partial charge is 0.154 e. The molecule has 2 N–H and O–H groups in total. The number of hydrogen-bond donors (Lipinski definition) is 1. The Morgan fingerprint density at radius 3 is 2.88 bits per heavy atom. The highest BCUT2D eigenvalue weighted by molar-refractivity contribution is 5.65. The van der Waals surface area contributed by atoms with E-state index in [-0.39, 0.29) is 0 Å². The van der Waals surface area contributed by atoms with Crippen LogP contribution >= 0.6 is 0 Å². The summed E-state index contributed by atoms with van der Waals surface area (Å²) in [6.07, 6.45) is 3.54. The van der Waals surface area contributed by atoms with Crippen molar-refractivity contribution < 1.29 is 4.42 Å². The number of rotatable bonds is 1. The molecule has 0 radical (unpaired) electrons. The fourth-order valence-corrected chi connectivity index (χ4v) is 2.10. The van der Waals surface area contributed by atoms with Crippen molar-refractivity contribution in [3.05, 3.63) is 41.9 Å². The van der Waals surface area contributed by atoms with Crippen LogP contribution in [0.25, 0.3) is 17.1 Å². The fourth-order valence-electron chi connectivity index (χ4n) is 2.10. The summed E-state index contributed by atoms with van der Waals surface area (Å²) in [5.41, 5.74) is 10.5. The third-order valence-corrected chi connectivity index (χ3v) is 2.92. The second-order valence-corrected chi connectivity index (χ2v) is 4.17. The minimum absolute atomic E-state index is 0.737. The van der Waals surface area contributed by atoms with Gasteiger partial charge in [0.05, 0.1) is 12.0 Å². The summed E-state index contributed by atoms with van der Waals surface area (Å²) >= 11 is 0. The highest BCUT2D eigenvalue weighted by Gasteiger charge is 2.13. The quantitative estimate of drug-likeness (QED) is 0.695. The maximum atomic E-state index is 5.85. The van der Waals surface area contributed by atoms with E-state index in [9.17, 15) is 0 Å². The first kappa shape index (κ1) is 9.96. The standard InChI is InChI=1S/C13H13N3O/c1-8-6-10(14)7-16-9(2)12(15-13(8)16)11-4-3-5-17-11/h3-7H,14H2,1-2H3. The zero-order valence-corrected chi connectivity index (χ0v) is 9.77. The Morgan fingerprint density at radius 2 is 2.18 bits per heavy atom. The van der Waals surface area contributed by atoms with Crippen LogP contribution in [0.2, 0.25) is 0 Å². The fraction of sp³-hybridized carbons (Fsp3) is 0.154. The Bertz CT molecular complexity index is 680. The van der Waals surface area contributed by atoms with E-state index in [1.807, 2.05) is 42.6 Å². The molecule has 0 aromatic carbocycles. The van der Waals surface area contributed by atoms with Crippen LogP contribution in [-0.2, 0) is 0 Å². The van der Waals surface area contributed by atoms with Gasteiger partial charge >= 0.3 is 0 Å². The summed E-state index contributed by atoms with van der Waals surface area (Å²) in [7, 11) is 0. The Hall–Kier alpha value is -2.23. The SMILES string of the molecule is Cc1cc(N)cn2c(C)c(-c3ccco3)nc12. The first-order chi connectivity index (χ1) is 8.16. The van der Waals surface area contributed by atoms with Crippen LogP contribution in [0.4, 0.5) is 5.69 Å². The molecule has 17 heavy (non-hydrogen) atoms. The van der Waals surface area contributed by atoms with Crippen LogP contribution in [0.3, 0.4) is 0 Å². The molecule has 0 amide bonds. The molecule has 86 valence electrons. The van der Waals surface area contributed by atoms with Crippen molar-refractivity contribution in [1.29, 1.82) is 0 Å². The van der Waals surface area contributed by atoms with Gasteiger partial charge in [-0.05, 0) is 37.6 Å². The van der Waals surface area contributed by atoms with E-state index in [2.05, 4.69) is 4.98 Å². The molecule has 0 saturated carbocycles. The van der Waals surface area contributed by atoms with Gasteiger partial charge in [-0.2, -0.15) is 0 Å². The lowest BCUT2D eigenvalue weighted by Crippen LogP contribution is -1.94. The lowest BCUT2D eigenvalue weighted by Gasteiger charge is -2.01. The number of aromatic nitrogens is 2. The van der Waals surface area contributed by atoms with Gasteiger partial charge in [-0.25, -0.2) is 4.98 Å². The maximum absolute atomic E-state index is 5.85. The molecule has 3 rings (SSSR count). The molecule has 0 unspecified atom stereocenters. The van der Waals surface area contributed by atoms with Gasteiger partial charge in [0.25, 0.3) is 0 Å². The molecule has 0 aliphatic carbocycles.